The number of amides is 1. The van der Waals surface area contributed by atoms with Crippen LogP contribution < -0.4 is 16.2 Å². The molecular formula is C14H21N3OS2. The minimum atomic E-state index is -0.0994. The van der Waals surface area contributed by atoms with Gasteiger partial charge in [0.1, 0.15) is 0 Å². The summed E-state index contributed by atoms with van der Waals surface area (Å²) >= 11 is 6.76. The number of hydrazine groups is 1. The van der Waals surface area contributed by atoms with Crippen molar-refractivity contribution in [1.29, 1.82) is 0 Å². The quantitative estimate of drug-likeness (QED) is 0.593. The number of hydrogen-bond donors (Lipinski definition) is 3. The van der Waals surface area contributed by atoms with Crippen LogP contribution in [0.3, 0.4) is 0 Å². The Bertz CT molecular complexity index is 499. The number of hydrogen-bond acceptors (Lipinski definition) is 3. The third-order valence-corrected chi connectivity index (χ3v) is 4.77. The molecule has 1 aromatic heterocycles. The molecule has 1 aliphatic rings. The lowest BCUT2D eigenvalue weighted by molar-refractivity contribution is 0.0943. The van der Waals surface area contributed by atoms with E-state index in [2.05, 4.69) is 30.0 Å². The molecule has 6 heteroatoms. The molecule has 20 heavy (non-hydrogen) atoms. The first-order valence-electron chi connectivity index (χ1n) is 7.05. The van der Waals surface area contributed by atoms with E-state index in [1.165, 1.54) is 10.4 Å². The lowest BCUT2D eigenvalue weighted by atomic mass is 9.88. The highest BCUT2D eigenvalue weighted by Crippen LogP contribution is 2.32. The number of fused-ring (bicyclic) bond motifs is 1. The van der Waals surface area contributed by atoms with E-state index in [0.29, 0.717) is 5.11 Å². The van der Waals surface area contributed by atoms with Gasteiger partial charge >= 0.3 is 0 Å². The van der Waals surface area contributed by atoms with Crippen molar-refractivity contribution in [2.75, 3.05) is 6.54 Å². The van der Waals surface area contributed by atoms with Gasteiger partial charge in [-0.1, -0.05) is 13.8 Å². The van der Waals surface area contributed by atoms with Crippen molar-refractivity contribution in [3.63, 3.8) is 0 Å². The van der Waals surface area contributed by atoms with Crippen LogP contribution >= 0.6 is 23.6 Å². The van der Waals surface area contributed by atoms with Gasteiger partial charge in [-0.05, 0) is 49.4 Å². The van der Waals surface area contributed by atoms with Crippen LogP contribution in [-0.4, -0.2) is 17.6 Å². The Labute approximate surface area is 129 Å². The zero-order valence-electron chi connectivity index (χ0n) is 11.9. The van der Waals surface area contributed by atoms with Crippen molar-refractivity contribution < 1.29 is 4.79 Å². The standard InChI is InChI=1S/C14H21N3OS2/c1-3-6-15-14(19)17-16-13(18)11-8-20-12-7-9(2)4-5-10(11)12/h8-9H,3-7H2,1-2H3,(H,16,18)(H2,15,17,19). The molecule has 1 heterocycles. The molecule has 2 rings (SSSR count). The van der Waals surface area contributed by atoms with Crippen LogP contribution in [0, 0.1) is 5.92 Å². The zero-order valence-corrected chi connectivity index (χ0v) is 13.5. The van der Waals surface area contributed by atoms with Gasteiger partial charge in [0.25, 0.3) is 5.91 Å². The fraction of sp³-hybridized carbons (Fsp3) is 0.571. The lowest BCUT2D eigenvalue weighted by Gasteiger charge is -2.19. The van der Waals surface area contributed by atoms with Gasteiger partial charge in [-0.2, -0.15) is 0 Å². The van der Waals surface area contributed by atoms with Crippen LogP contribution in [0.2, 0.25) is 0 Å². The van der Waals surface area contributed by atoms with Crippen LogP contribution in [0.25, 0.3) is 0 Å². The molecule has 4 nitrogen and oxygen atoms in total. The number of carbonyl (C=O) groups is 1. The molecule has 1 atom stereocenters. The molecule has 1 aliphatic carbocycles. The molecule has 0 radical (unpaired) electrons. The van der Waals surface area contributed by atoms with E-state index >= 15 is 0 Å². The fourth-order valence-electron chi connectivity index (χ4n) is 2.33. The Kier molecular flexibility index (Phi) is 5.37. The van der Waals surface area contributed by atoms with Gasteiger partial charge < -0.3 is 5.32 Å². The van der Waals surface area contributed by atoms with Crippen LogP contribution in [0.5, 0.6) is 0 Å². The molecule has 0 bridgehead atoms. The summed E-state index contributed by atoms with van der Waals surface area (Å²) in [6.45, 7) is 5.13. The lowest BCUT2D eigenvalue weighted by Crippen LogP contribution is -2.47. The maximum atomic E-state index is 12.2. The van der Waals surface area contributed by atoms with Gasteiger partial charge in [0, 0.05) is 16.8 Å². The van der Waals surface area contributed by atoms with Crippen molar-refractivity contribution in [1.82, 2.24) is 16.2 Å². The highest BCUT2D eigenvalue weighted by atomic mass is 32.1. The molecule has 1 amide bonds. The largest absolute Gasteiger partial charge is 0.361 e. The Balaban J connectivity index is 1.92. The average molecular weight is 311 g/mol. The second-order valence-corrected chi connectivity index (χ2v) is 6.61. The summed E-state index contributed by atoms with van der Waals surface area (Å²) in [6, 6.07) is 0. The van der Waals surface area contributed by atoms with Gasteiger partial charge in [0.2, 0.25) is 0 Å². The Morgan fingerprint density at radius 1 is 1.50 bits per heavy atom. The molecule has 0 fully saturated rings. The molecule has 0 aliphatic heterocycles. The molecule has 0 spiro atoms. The summed E-state index contributed by atoms with van der Waals surface area (Å²) in [5, 5.41) is 5.43. The third kappa shape index (κ3) is 3.70. The van der Waals surface area contributed by atoms with E-state index in [1.807, 2.05) is 5.38 Å². The summed E-state index contributed by atoms with van der Waals surface area (Å²) in [5.74, 6) is 0.624. The van der Waals surface area contributed by atoms with Crippen LogP contribution in [0.15, 0.2) is 5.38 Å². The minimum absolute atomic E-state index is 0.0994. The minimum Gasteiger partial charge on any atom is -0.361 e. The van der Waals surface area contributed by atoms with Crippen LogP contribution in [0.1, 0.15) is 47.5 Å². The molecule has 110 valence electrons. The van der Waals surface area contributed by atoms with E-state index < -0.39 is 0 Å². The van der Waals surface area contributed by atoms with Gasteiger partial charge in [-0.15, -0.1) is 11.3 Å². The molecular weight excluding hydrogens is 290 g/mol. The number of rotatable bonds is 3. The number of nitrogens with one attached hydrogen (secondary N) is 3. The predicted molar refractivity (Wildman–Crippen MR) is 87.0 cm³/mol. The van der Waals surface area contributed by atoms with Crippen molar-refractivity contribution in [2.45, 2.75) is 39.5 Å². The van der Waals surface area contributed by atoms with Crippen molar-refractivity contribution in [3.05, 3.63) is 21.4 Å². The first-order valence-corrected chi connectivity index (χ1v) is 8.34. The number of thiocarbonyl (C=S) groups is 1. The average Bonchev–Trinajstić information content (AvgIpc) is 2.85. The zero-order chi connectivity index (χ0) is 14.5. The van der Waals surface area contributed by atoms with Crippen molar-refractivity contribution in [2.24, 2.45) is 5.92 Å². The van der Waals surface area contributed by atoms with Gasteiger partial charge in [0.05, 0.1) is 5.56 Å². The van der Waals surface area contributed by atoms with E-state index in [1.54, 1.807) is 11.3 Å². The molecule has 1 unspecified atom stereocenters. The first kappa shape index (κ1) is 15.3. The fourth-order valence-corrected chi connectivity index (χ4v) is 3.73. The Hall–Kier alpha value is -1.14. The maximum Gasteiger partial charge on any atom is 0.270 e. The topological polar surface area (TPSA) is 53.2 Å². The Morgan fingerprint density at radius 2 is 2.30 bits per heavy atom. The normalized spacial score (nSPS) is 17.2. The molecule has 3 N–H and O–H groups in total. The van der Waals surface area contributed by atoms with Gasteiger partial charge in [-0.3, -0.25) is 15.6 Å². The first-order chi connectivity index (χ1) is 9.61. The summed E-state index contributed by atoms with van der Waals surface area (Å²) in [6.07, 6.45) is 4.25. The summed E-state index contributed by atoms with van der Waals surface area (Å²) in [7, 11) is 0. The maximum absolute atomic E-state index is 12.2. The number of thiophene rings is 1. The highest BCUT2D eigenvalue weighted by Gasteiger charge is 2.23. The molecule has 0 aromatic carbocycles. The molecule has 1 aromatic rings. The highest BCUT2D eigenvalue weighted by molar-refractivity contribution is 7.80. The second-order valence-electron chi connectivity index (χ2n) is 5.23. The van der Waals surface area contributed by atoms with Gasteiger partial charge in [0.15, 0.2) is 5.11 Å². The molecule has 0 saturated carbocycles. The smallest absolute Gasteiger partial charge is 0.270 e. The van der Waals surface area contributed by atoms with Crippen LogP contribution in [-0.2, 0) is 12.8 Å². The van der Waals surface area contributed by atoms with Crippen molar-refractivity contribution >= 4 is 34.6 Å². The van der Waals surface area contributed by atoms with Gasteiger partial charge in [-0.25, -0.2) is 0 Å². The molecule has 0 saturated heterocycles. The summed E-state index contributed by atoms with van der Waals surface area (Å²) in [5.41, 5.74) is 7.43. The van der Waals surface area contributed by atoms with E-state index in [4.69, 9.17) is 12.2 Å². The monoisotopic (exact) mass is 311 g/mol. The number of carbonyl (C=O) groups excluding carboxylic acids is 1. The summed E-state index contributed by atoms with van der Waals surface area (Å²) in [4.78, 5) is 13.5. The predicted octanol–water partition coefficient (Wildman–Crippen LogP) is 2.39. The van der Waals surface area contributed by atoms with E-state index in [9.17, 15) is 4.79 Å². The van der Waals surface area contributed by atoms with E-state index in [-0.39, 0.29) is 5.91 Å². The third-order valence-electron chi connectivity index (χ3n) is 3.47. The second kappa shape index (κ2) is 7.04. The van der Waals surface area contributed by atoms with Crippen LogP contribution in [0.4, 0.5) is 0 Å². The van der Waals surface area contributed by atoms with E-state index in [0.717, 1.165) is 43.7 Å². The Morgan fingerprint density at radius 3 is 3.05 bits per heavy atom. The SMILES string of the molecule is CCCNC(=S)NNC(=O)c1csc2c1CCC(C)C2. The summed E-state index contributed by atoms with van der Waals surface area (Å²) < 4.78 is 0. The van der Waals surface area contributed by atoms with Crippen molar-refractivity contribution in [3.8, 4) is 0 Å².